The van der Waals surface area contributed by atoms with Crippen molar-refractivity contribution in [2.75, 3.05) is 16.8 Å². The molecule has 1 heterocycles. The van der Waals surface area contributed by atoms with E-state index in [1.54, 1.807) is 31.2 Å². The highest BCUT2D eigenvalue weighted by Crippen LogP contribution is 2.17. The summed E-state index contributed by atoms with van der Waals surface area (Å²) in [6.45, 7) is 1.64. The van der Waals surface area contributed by atoms with Gasteiger partial charge in [0.15, 0.2) is 9.84 Å². The third-order valence-electron chi connectivity index (χ3n) is 3.19. The topological polar surface area (TPSA) is 95.5 Å². The Balaban J connectivity index is 1.93. The van der Waals surface area contributed by atoms with Gasteiger partial charge in [0.05, 0.1) is 17.6 Å². The van der Waals surface area contributed by atoms with Gasteiger partial charge in [0.25, 0.3) is 0 Å². The summed E-state index contributed by atoms with van der Waals surface area (Å²) < 4.78 is 22.6. The lowest BCUT2D eigenvalue weighted by Gasteiger charge is -2.13. The van der Waals surface area contributed by atoms with Gasteiger partial charge in [0.1, 0.15) is 0 Å². The number of aliphatic hydroxyl groups excluding tert-OH is 1. The van der Waals surface area contributed by atoms with Crippen molar-refractivity contribution >= 4 is 21.6 Å². The van der Waals surface area contributed by atoms with Crippen LogP contribution >= 0.6 is 0 Å². The van der Waals surface area contributed by atoms with Crippen LogP contribution in [0.4, 0.5) is 10.5 Å². The van der Waals surface area contributed by atoms with Gasteiger partial charge in [-0.05, 0) is 31.0 Å². The number of hydrogen-bond donors (Lipinski definition) is 3. The Bertz CT molecular complexity index is 598. The zero-order valence-corrected chi connectivity index (χ0v) is 12.0. The monoisotopic (exact) mass is 298 g/mol. The van der Waals surface area contributed by atoms with Gasteiger partial charge in [-0.15, -0.1) is 0 Å². The van der Waals surface area contributed by atoms with Crippen molar-refractivity contribution < 1.29 is 18.3 Å². The Morgan fingerprint density at radius 2 is 2.20 bits per heavy atom. The van der Waals surface area contributed by atoms with E-state index in [9.17, 15) is 18.3 Å². The molecule has 0 radical (unpaired) electrons. The first-order valence-corrected chi connectivity index (χ1v) is 8.24. The molecule has 0 bridgehead atoms. The first-order chi connectivity index (χ1) is 9.35. The highest BCUT2D eigenvalue weighted by atomic mass is 32.2. The Hall–Kier alpha value is -1.60. The molecule has 1 fully saturated rings. The van der Waals surface area contributed by atoms with Crippen molar-refractivity contribution in [1.29, 1.82) is 0 Å². The minimum absolute atomic E-state index is 0.00582. The summed E-state index contributed by atoms with van der Waals surface area (Å²) in [4.78, 5) is 11.8. The number of urea groups is 1. The van der Waals surface area contributed by atoms with Gasteiger partial charge in [-0.3, -0.25) is 0 Å². The molecule has 0 aliphatic carbocycles. The van der Waals surface area contributed by atoms with Crippen LogP contribution in [0.1, 0.15) is 25.0 Å². The highest BCUT2D eigenvalue weighted by Gasteiger charge is 2.28. The molecular formula is C13H18N2O4S. The van der Waals surface area contributed by atoms with Crippen LogP contribution in [0.3, 0.4) is 0 Å². The maximum Gasteiger partial charge on any atom is 0.319 e. The number of carbonyl (C=O) groups is 1. The molecule has 2 unspecified atom stereocenters. The van der Waals surface area contributed by atoms with Crippen molar-refractivity contribution in [3.05, 3.63) is 29.8 Å². The number of sulfone groups is 1. The molecule has 7 heteroatoms. The molecule has 1 aliphatic rings. The molecule has 0 saturated carbocycles. The number of benzene rings is 1. The fourth-order valence-electron chi connectivity index (χ4n) is 2.14. The van der Waals surface area contributed by atoms with Crippen LogP contribution in [0.5, 0.6) is 0 Å². The molecule has 1 saturated heterocycles. The lowest BCUT2D eigenvalue weighted by molar-refractivity contribution is 0.199. The molecule has 6 nitrogen and oxygen atoms in total. The molecule has 0 spiro atoms. The van der Waals surface area contributed by atoms with E-state index < -0.39 is 22.0 Å². The number of rotatable bonds is 3. The summed E-state index contributed by atoms with van der Waals surface area (Å²) in [5.74, 6) is 0.115. The zero-order chi connectivity index (χ0) is 14.8. The molecule has 2 rings (SSSR count). The van der Waals surface area contributed by atoms with Gasteiger partial charge >= 0.3 is 6.03 Å². The summed E-state index contributed by atoms with van der Waals surface area (Å²) in [5, 5.41) is 14.8. The van der Waals surface area contributed by atoms with Crippen LogP contribution in [0.15, 0.2) is 24.3 Å². The van der Waals surface area contributed by atoms with Crippen LogP contribution in [0.25, 0.3) is 0 Å². The van der Waals surface area contributed by atoms with Crippen LogP contribution in [0.2, 0.25) is 0 Å². The third-order valence-corrected chi connectivity index (χ3v) is 4.96. The Kier molecular flexibility index (Phi) is 4.29. The van der Waals surface area contributed by atoms with E-state index in [-0.39, 0.29) is 17.5 Å². The fourth-order valence-corrected chi connectivity index (χ4v) is 3.81. The lowest BCUT2D eigenvalue weighted by Crippen LogP contribution is -2.38. The number of carbonyl (C=O) groups excluding carboxylic acids is 1. The van der Waals surface area contributed by atoms with Gasteiger partial charge in [-0.25, -0.2) is 13.2 Å². The van der Waals surface area contributed by atoms with Gasteiger partial charge in [-0.2, -0.15) is 0 Å². The Morgan fingerprint density at radius 3 is 2.80 bits per heavy atom. The third kappa shape index (κ3) is 3.94. The van der Waals surface area contributed by atoms with Crippen LogP contribution in [-0.4, -0.2) is 37.1 Å². The van der Waals surface area contributed by atoms with E-state index in [0.717, 1.165) is 0 Å². The fraction of sp³-hybridized carbons (Fsp3) is 0.462. The quantitative estimate of drug-likeness (QED) is 0.777. The first kappa shape index (κ1) is 14.8. The van der Waals surface area contributed by atoms with E-state index in [2.05, 4.69) is 10.6 Å². The average Bonchev–Trinajstić information content (AvgIpc) is 2.68. The second-order valence-corrected chi connectivity index (χ2v) is 7.23. The lowest BCUT2D eigenvalue weighted by atomic mass is 10.1. The smallest absolute Gasteiger partial charge is 0.319 e. The Labute approximate surface area is 118 Å². The molecule has 1 aromatic carbocycles. The molecule has 2 amide bonds. The zero-order valence-electron chi connectivity index (χ0n) is 11.2. The summed E-state index contributed by atoms with van der Waals surface area (Å²) in [7, 11) is -3.01. The second-order valence-electron chi connectivity index (χ2n) is 5.00. The van der Waals surface area contributed by atoms with Crippen molar-refractivity contribution in [3.63, 3.8) is 0 Å². The van der Waals surface area contributed by atoms with Crippen molar-refractivity contribution in [2.45, 2.75) is 25.5 Å². The standard InChI is InChI=1S/C13H18N2O4S/c1-9(16)10-3-2-4-11(7-10)14-13(17)15-12-5-6-20(18,19)8-12/h2-4,7,9,12,16H,5-6,8H2,1H3,(H2,14,15,17). The van der Waals surface area contributed by atoms with Crippen LogP contribution < -0.4 is 10.6 Å². The highest BCUT2D eigenvalue weighted by molar-refractivity contribution is 7.91. The largest absolute Gasteiger partial charge is 0.389 e. The van der Waals surface area contributed by atoms with Crippen molar-refractivity contribution in [2.24, 2.45) is 0 Å². The van der Waals surface area contributed by atoms with Gasteiger partial charge < -0.3 is 15.7 Å². The number of anilines is 1. The first-order valence-electron chi connectivity index (χ1n) is 6.42. The molecule has 3 N–H and O–H groups in total. The summed E-state index contributed by atoms with van der Waals surface area (Å²) in [5.41, 5.74) is 1.26. The second kappa shape index (κ2) is 5.80. The molecule has 2 atom stereocenters. The SMILES string of the molecule is CC(O)c1cccc(NC(=O)NC2CCS(=O)(=O)C2)c1. The van der Waals surface area contributed by atoms with E-state index in [4.69, 9.17) is 0 Å². The number of hydrogen-bond acceptors (Lipinski definition) is 4. The average molecular weight is 298 g/mol. The summed E-state index contributed by atoms with van der Waals surface area (Å²) >= 11 is 0. The van der Waals surface area contributed by atoms with Crippen LogP contribution in [-0.2, 0) is 9.84 Å². The maximum atomic E-state index is 11.8. The number of aliphatic hydroxyl groups is 1. The van der Waals surface area contributed by atoms with Gasteiger partial charge in [-0.1, -0.05) is 12.1 Å². The van der Waals surface area contributed by atoms with E-state index >= 15 is 0 Å². The van der Waals surface area contributed by atoms with Gasteiger partial charge in [0.2, 0.25) is 0 Å². The minimum Gasteiger partial charge on any atom is -0.389 e. The van der Waals surface area contributed by atoms with E-state index in [1.165, 1.54) is 0 Å². The van der Waals surface area contributed by atoms with Crippen molar-refractivity contribution in [3.8, 4) is 0 Å². The predicted molar refractivity (Wildman–Crippen MR) is 76.3 cm³/mol. The predicted octanol–water partition coefficient (Wildman–Crippen LogP) is 1.05. The minimum atomic E-state index is -3.01. The maximum absolute atomic E-state index is 11.8. The normalized spacial score (nSPS) is 22.2. The van der Waals surface area contributed by atoms with Crippen LogP contribution in [0, 0.1) is 0 Å². The molecule has 0 aromatic heterocycles. The van der Waals surface area contributed by atoms with E-state index in [0.29, 0.717) is 17.7 Å². The Morgan fingerprint density at radius 1 is 1.45 bits per heavy atom. The molecule has 1 aromatic rings. The molecule has 110 valence electrons. The summed E-state index contributed by atoms with van der Waals surface area (Å²) in [6, 6.07) is 6.11. The van der Waals surface area contributed by atoms with Crippen molar-refractivity contribution in [1.82, 2.24) is 5.32 Å². The number of amides is 2. The van der Waals surface area contributed by atoms with Gasteiger partial charge in [0, 0.05) is 11.7 Å². The van der Waals surface area contributed by atoms with E-state index in [1.807, 2.05) is 0 Å². The molecule has 20 heavy (non-hydrogen) atoms. The molecule has 1 aliphatic heterocycles. The molecular weight excluding hydrogens is 280 g/mol. The number of nitrogens with one attached hydrogen (secondary N) is 2. The summed E-state index contributed by atoms with van der Waals surface area (Å²) in [6.07, 6.45) is -0.163.